The minimum atomic E-state index is -4.12. The van der Waals surface area contributed by atoms with Gasteiger partial charge < -0.3 is 4.18 Å². The number of rotatable bonds is 4. The van der Waals surface area contributed by atoms with Crippen molar-refractivity contribution in [3.8, 4) is 5.75 Å². The van der Waals surface area contributed by atoms with Crippen molar-refractivity contribution in [1.82, 2.24) is 5.32 Å². The van der Waals surface area contributed by atoms with Crippen LogP contribution in [0.25, 0.3) is 16.8 Å². The molecule has 1 heterocycles. The van der Waals surface area contributed by atoms with Gasteiger partial charge >= 0.3 is 10.1 Å². The number of benzene rings is 3. The van der Waals surface area contributed by atoms with Gasteiger partial charge in [0.2, 0.25) is 0 Å². The summed E-state index contributed by atoms with van der Waals surface area (Å²) in [5.41, 5.74) is 0.374. The van der Waals surface area contributed by atoms with Crippen molar-refractivity contribution in [3.63, 3.8) is 0 Å². The molecule has 140 valence electrons. The molecule has 0 saturated carbocycles. The number of hydrogen-bond acceptors (Lipinski definition) is 6. The average molecular weight is 411 g/mol. The van der Waals surface area contributed by atoms with Crippen LogP contribution in [0.3, 0.4) is 0 Å². The SMILES string of the molecule is O=C1NC(=O)/C(=C/c2ccccc2OS(=O)(=O)c2cccc3ccccc23)S1. The Hall–Kier alpha value is -3.10. The third-order valence-corrected chi connectivity index (χ3v) is 6.17. The molecule has 4 rings (SSSR count). The van der Waals surface area contributed by atoms with Crippen LogP contribution in [-0.2, 0) is 14.9 Å². The molecule has 8 heteroatoms. The molecule has 0 radical (unpaired) electrons. The van der Waals surface area contributed by atoms with Gasteiger partial charge in [-0.15, -0.1) is 0 Å². The number of nitrogens with one attached hydrogen (secondary N) is 1. The summed E-state index contributed by atoms with van der Waals surface area (Å²) in [6.45, 7) is 0. The third-order valence-electron chi connectivity index (χ3n) is 4.07. The first-order valence-electron chi connectivity index (χ1n) is 8.20. The van der Waals surface area contributed by atoms with Crippen molar-refractivity contribution in [1.29, 1.82) is 0 Å². The molecule has 3 aromatic carbocycles. The molecule has 0 aromatic heterocycles. The zero-order valence-electron chi connectivity index (χ0n) is 14.3. The number of para-hydroxylation sites is 1. The van der Waals surface area contributed by atoms with Crippen LogP contribution in [0.2, 0.25) is 0 Å². The number of carbonyl (C=O) groups is 2. The molecule has 0 atom stereocenters. The summed E-state index contributed by atoms with van der Waals surface area (Å²) in [4.78, 5) is 23.3. The van der Waals surface area contributed by atoms with Crippen LogP contribution < -0.4 is 9.50 Å². The van der Waals surface area contributed by atoms with Crippen LogP contribution in [0.1, 0.15) is 5.56 Å². The summed E-state index contributed by atoms with van der Waals surface area (Å²) in [5, 5.41) is 3.02. The van der Waals surface area contributed by atoms with Crippen LogP contribution >= 0.6 is 11.8 Å². The van der Waals surface area contributed by atoms with Gasteiger partial charge in [-0.2, -0.15) is 8.42 Å². The molecule has 0 aliphatic carbocycles. The quantitative estimate of drug-likeness (QED) is 0.517. The Bertz CT molecular complexity index is 1240. The average Bonchev–Trinajstić information content (AvgIpc) is 2.99. The Kier molecular flexibility index (Phi) is 4.66. The monoisotopic (exact) mass is 411 g/mol. The number of fused-ring (bicyclic) bond motifs is 1. The molecule has 2 amide bonds. The fourth-order valence-electron chi connectivity index (χ4n) is 2.81. The summed E-state index contributed by atoms with van der Waals surface area (Å²) in [6.07, 6.45) is 1.43. The number of amides is 2. The maximum atomic E-state index is 12.9. The second kappa shape index (κ2) is 7.14. The number of carbonyl (C=O) groups excluding carboxylic acids is 2. The first-order valence-corrected chi connectivity index (χ1v) is 10.4. The fraction of sp³-hybridized carbons (Fsp3) is 0. The van der Waals surface area contributed by atoms with E-state index in [1.54, 1.807) is 36.4 Å². The summed E-state index contributed by atoms with van der Waals surface area (Å²) in [7, 11) is -4.12. The van der Waals surface area contributed by atoms with E-state index < -0.39 is 21.3 Å². The highest BCUT2D eigenvalue weighted by molar-refractivity contribution is 8.18. The molecule has 0 unspecified atom stereocenters. The Balaban J connectivity index is 1.74. The van der Waals surface area contributed by atoms with Crippen LogP contribution in [-0.4, -0.2) is 19.6 Å². The summed E-state index contributed by atoms with van der Waals surface area (Å²) < 4.78 is 31.3. The smallest absolute Gasteiger partial charge is 0.339 e. The van der Waals surface area contributed by atoms with E-state index in [1.807, 2.05) is 18.2 Å². The predicted molar refractivity (Wildman–Crippen MR) is 107 cm³/mol. The van der Waals surface area contributed by atoms with Gasteiger partial charge in [0.1, 0.15) is 10.6 Å². The van der Waals surface area contributed by atoms with Crippen molar-refractivity contribution in [2.75, 3.05) is 0 Å². The maximum Gasteiger partial charge on any atom is 0.339 e. The maximum absolute atomic E-state index is 12.9. The predicted octanol–water partition coefficient (Wildman–Crippen LogP) is 3.93. The highest BCUT2D eigenvalue weighted by Crippen LogP contribution is 2.31. The van der Waals surface area contributed by atoms with Crippen molar-refractivity contribution in [3.05, 3.63) is 77.2 Å². The minimum Gasteiger partial charge on any atom is -0.378 e. The highest BCUT2D eigenvalue weighted by Gasteiger charge is 2.26. The van der Waals surface area contributed by atoms with E-state index in [4.69, 9.17) is 4.18 Å². The van der Waals surface area contributed by atoms with E-state index in [0.717, 1.165) is 17.1 Å². The molecule has 1 N–H and O–H groups in total. The van der Waals surface area contributed by atoms with Gasteiger partial charge in [-0.3, -0.25) is 14.9 Å². The van der Waals surface area contributed by atoms with E-state index in [1.165, 1.54) is 18.2 Å². The highest BCUT2D eigenvalue weighted by atomic mass is 32.2. The first-order chi connectivity index (χ1) is 13.4. The Morgan fingerprint density at radius 1 is 0.893 bits per heavy atom. The van der Waals surface area contributed by atoms with Gasteiger partial charge in [0.15, 0.2) is 0 Å². The molecular formula is C20H13NO5S2. The molecule has 1 aliphatic heterocycles. The summed E-state index contributed by atoms with van der Waals surface area (Å²) in [5.74, 6) is -0.461. The van der Waals surface area contributed by atoms with Crippen molar-refractivity contribution < 1.29 is 22.2 Å². The van der Waals surface area contributed by atoms with Gasteiger partial charge in [-0.05, 0) is 35.4 Å². The number of hydrogen-bond donors (Lipinski definition) is 1. The molecular weight excluding hydrogens is 398 g/mol. The lowest BCUT2D eigenvalue weighted by Gasteiger charge is -2.11. The Morgan fingerprint density at radius 2 is 1.61 bits per heavy atom. The topological polar surface area (TPSA) is 89.5 Å². The number of imide groups is 1. The van der Waals surface area contributed by atoms with Crippen molar-refractivity contribution in [2.24, 2.45) is 0 Å². The Morgan fingerprint density at radius 3 is 2.39 bits per heavy atom. The van der Waals surface area contributed by atoms with Gasteiger partial charge in [-0.1, -0.05) is 54.6 Å². The lowest BCUT2D eigenvalue weighted by atomic mass is 10.1. The summed E-state index contributed by atoms with van der Waals surface area (Å²) >= 11 is 0.750. The molecule has 0 bridgehead atoms. The van der Waals surface area contributed by atoms with E-state index in [9.17, 15) is 18.0 Å². The van der Waals surface area contributed by atoms with Gasteiger partial charge in [0.05, 0.1) is 4.91 Å². The zero-order chi connectivity index (χ0) is 19.7. The molecule has 1 fully saturated rings. The molecule has 1 aliphatic rings. The van der Waals surface area contributed by atoms with Crippen LogP contribution in [0.4, 0.5) is 4.79 Å². The van der Waals surface area contributed by atoms with Gasteiger partial charge in [0.25, 0.3) is 11.1 Å². The second-order valence-electron chi connectivity index (χ2n) is 5.90. The van der Waals surface area contributed by atoms with Crippen molar-refractivity contribution >= 4 is 49.9 Å². The molecule has 0 spiro atoms. The second-order valence-corrected chi connectivity index (χ2v) is 8.43. The van der Waals surface area contributed by atoms with Crippen LogP contribution in [0.15, 0.2) is 76.5 Å². The number of thioether (sulfide) groups is 1. The molecule has 3 aromatic rings. The fourth-order valence-corrected chi connectivity index (χ4v) is 4.67. The molecule has 1 saturated heterocycles. The molecule has 6 nitrogen and oxygen atoms in total. The van der Waals surface area contributed by atoms with E-state index in [-0.39, 0.29) is 15.6 Å². The van der Waals surface area contributed by atoms with Crippen LogP contribution in [0, 0.1) is 0 Å². The zero-order valence-corrected chi connectivity index (χ0v) is 15.9. The summed E-state index contributed by atoms with van der Waals surface area (Å²) in [6, 6.07) is 18.5. The minimum absolute atomic E-state index is 0.0521. The lowest BCUT2D eigenvalue weighted by Crippen LogP contribution is -2.17. The van der Waals surface area contributed by atoms with Gasteiger partial charge in [-0.25, -0.2) is 0 Å². The molecule has 28 heavy (non-hydrogen) atoms. The van der Waals surface area contributed by atoms with E-state index in [0.29, 0.717) is 10.9 Å². The van der Waals surface area contributed by atoms with Crippen LogP contribution in [0.5, 0.6) is 5.75 Å². The third kappa shape index (κ3) is 3.51. The van der Waals surface area contributed by atoms with Crippen molar-refractivity contribution in [2.45, 2.75) is 4.90 Å². The first kappa shape index (κ1) is 18.3. The van der Waals surface area contributed by atoms with E-state index in [2.05, 4.69) is 5.32 Å². The lowest BCUT2D eigenvalue weighted by molar-refractivity contribution is -0.115. The largest absolute Gasteiger partial charge is 0.378 e. The van der Waals surface area contributed by atoms with E-state index >= 15 is 0 Å². The standard InChI is InChI=1S/C20H13NO5S2/c22-19-17(27-20(23)21-19)12-14-7-2-4-10-16(14)26-28(24,25)18-11-5-8-13-6-1-3-9-15(13)18/h1-12H,(H,21,22,23)/b17-12-. The normalized spacial score (nSPS) is 15.8. The Labute approximate surface area is 165 Å². The van der Waals surface area contributed by atoms with Gasteiger partial charge in [0, 0.05) is 10.9 Å².